The molecular formula is C34H54N2O. The van der Waals surface area contributed by atoms with Gasteiger partial charge < -0.3 is 9.80 Å². The van der Waals surface area contributed by atoms with Gasteiger partial charge in [-0.2, -0.15) is 0 Å². The van der Waals surface area contributed by atoms with E-state index in [9.17, 15) is 4.79 Å². The lowest BCUT2D eigenvalue weighted by Crippen LogP contribution is -2.49. The number of hydrogen-bond donors (Lipinski definition) is 0. The Hall–Kier alpha value is -1.79. The Morgan fingerprint density at radius 3 is 2.30 bits per heavy atom. The number of amides is 1. The van der Waals surface area contributed by atoms with Crippen LogP contribution in [0.1, 0.15) is 122 Å². The molecule has 206 valence electrons. The standard InChI is InChI=1S/C34H54N2O/c1-5-7-9-11-29-13-15-31(16-14-29)27-36(33-22-25-35(26-23-33)24-21-28(3)4)34(37)32-19-17-30(18-20-32)12-10-8-6-2/h13-16,28,30,32-33H,5-8,10,12,17-27H2,1-4H3. The Bertz CT molecular complexity index is 833. The lowest BCUT2D eigenvalue weighted by atomic mass is 9.79. The van der Waals surface area contributed by atoms with Crippen molar-refractivity contribution in [3.05, 3.63) is 35.4 Å². The maximum absolute atomic E-state index is 14.0. The van der Waals surface area contributed by atoms with Crippen LogP contribution in [0, 0.1) is 29.6 Å². The second-order valence-electron chi connectivity index (χ2n) is 12.2. The summed E-state index contributed by atoms with van der Waals surface area (Å²) in [4.78, 5) is 18.9. The molecule has 0 unspecified atom stereocenters. The van der Waals surface area contributed by atoms with Crippen LogP contribution in [-0.2, 0) is 11.3 Å². The molecule has 0 aromatic heterocycles. The summed E-state index contributed by atoms with van der Waals surface area (Å²) in [5.41, 5.74) is 2.32. The second-order valence-corrected chi connectivity index (χ2v) is 12.2. The van der Waals surface area contributed by atoms with Crippen LogP contribution in [0.25, 0.3) is 0 Å². The summed E-state index contributed by atoms with van der Waals surface area (Å²) >= 11 is 0. The van der Waals surface area contributed by atoms with Crippen molar-refractivity contribution in [3.8, 4) is 11.8 Å². The molecule has 3 rings (SSSR count). The summed E-state index contributed by atoms with van der Waals surface area (Å²) in [6, 6.07) is 9.03. The van der Waals surface area contributed by atoms with Crippen molar-refractivity contribution in [2.75, 3.05) is 19.6 Å². The second kappa shape index (κ2) is 16.2. The van der Waals surface area contributed by atoms with Gasteiger partial charge in [0.05, 0.1) is 0 Å². The zero-order valence-corrected chi connectivity index (χ0v) is 24.4. The lowest BCUT2D eigenvalue weighted by molar-refractivity contribution is -0.141. The monoisotopic (exact) mass is 506 g/mol. The number of carbonyl (C=O) groups is 1. The molecule has 2 aliphatic rings. The SMILES string of the molecule is CCCC#Cc1ccc(CN(C(=O)C2CCC(CCCCC)CC2)C2CCN(CCC(C)C)CC2)cc1. The molecule has 3 heteroatoms. The van der Waals surface area contributed by atoms with Gasteiger partial charge in [-0.1, -0.05) is 77.4 Å². The smallest absolute Gasteiger partial charge is 0.226 e. The molecule has 1 saturated carbocycles. The summed E-state index contributed by atoms with van der Waals surface area (Å²) < 4.78 is 0. The van der Waals surface area contributed by atoms with Gasteiger partial charge in [-0.25, -0.2) is 0 Å². The molecular weight excluding hydrogens is 452 g/mol. The third kappa shape index (κ3) is 10.1. The fourth-order valence-electron chi connectivity index (χ4n) is 6.08. The predicted molar refractivity (Wildman–Crippen MR) is 157 cm³/mol. The largest absolute Gasteiger partial charge is 0.335 e. The molecule has 0 N–H and O–H groups in total. The average molecular weight is 507 g/mol. The molecule has 2 fully saturated rings. The number of benzene rings is 1. The Morgan fingerprint density at radius 1 is 0.973 bits per heavy atom. The van der Waals surface area contributed by atoms with E-state index in [1.165, 1.54) is 57.1 Å². The Morgan fingerprint density at radius 2 is 1.68 bits per heavy atom. The van der Waals surface area contributed by atoms with Crippen molar-refractivity contribution in [2.24, 2.45) is 17.8 Å². The minimum absolute atomic E-state index is 0.223. The van der Waals surface area contributed by atoms with E-state index in [0.717, 1.165) is 75.6 Å². The van der Waals surface area contributed by atoms with Crippen LogP contribution < -0.4 is 0 Å². The molecule has 0 atom stereocenters. The summed E-state index contributed by atoms with van der Waals surface area (Å²) in [5.74, 6) is 8.77. The third-order valence-corrected chi connectivity index (χ3v) is 8.63. The summed E-state index contributed by atoms with van der Waals surface area (Å²) in [6.07, 6.45) is 15.6. The lowest BCUT2D eigenvalue weighted by Gasteiger charge is -2.41. The van der Waals surface area contributed by atoms with Gasteiger partial charge in [-0.05, 0) is 87.4 Å². The molecule has 0 spiro atoms. The fraction of sp³-hybridized carbons (Fsp3) is 0.735. The van der Waals surface area contributed by atoms with Crippen LogP contribution in [0.3, 0.4) is 0 Å². The number of carbonyl (C=O) groups excluding carboxylic acids is 1. The molecule has 3 nitrogen and oxygen atoms in total. The molecule has 1 aromatic rings. The van der Waals surface area contributed by atoms with Crippen molar-refractivity contribution in [3.63, 3.8) is 0 Å². The molecule has 1 amide bonds. The van der Waals surface area contributed by atoms with Crippen LogP contribution in [-0.4, -0.2) is 41.4 Å². The first-order chi connectivity index (χ1) is 18.0. The van der Waals surface area contributed by atoms with Gasteiger partial charge >= 0.3 is 0 Å². The van der Waals surface area contributed by atoms with E-state index in [1.54, 1.807) is 0 Å². The molecule has 0 bridgehead atoms. The number of rotatable bonds is 12. The van der Waals surface area contributed by atoms with Crippen molar-refractivity contribution in [1.29, 1.82) is 0 Å². The molecule has 1 aliphatic carbocycles. The summed E-state index contributed by atoms with van der Waals surface area (Å²) in [5, 5.41) is 0. The topological polar surface area (TPSA) is 23.6 Å². The number of unbranched alkanes of at least 4 members (excludes halogenated alkanes) is 3. The maximum Gasteiger partial charge on any atom is 0.226 e. The third-order valence-electron chi connectivity index (χ3n) is 8.63. The minimum atomic E-state index is 0.223. The number of piperidine rings is 1. The summed E-state index contributed by atoms with van der Waals surface area (Å²) in [6.45, 7) is 13.3. The average Bonchev–Trinajstić information content (AvgIpc) is 2.92. The van der Waals surface area contributed by atoms with Crippen LogP contribution in [0.15, 0.2) is 24.3 Å². The molecule has 1 saturated heterocycles. The van der Waals surface area contributed by atoms with E-state index < -0.39 is 0 Å². The van der Waals surface area contributed by atoms with Crippen molar-refractivity contribution in [1.82, 2.24) is 9.80 Å². The molecule has 1 aromatic carbocycles. The van der Waals surface area contributed by atoms with E-state index in [1.807, 2.05) is 0 Å². The Labute approximate surface area is 228 Å². The summed E-state index contributed by atoms with van der Waals surface area (Å²) in [7, 11) is 0. The zero-order valence-electron chi connectivity index (χ0n) is 24.4. The van der Waals surface area contributed by atoms with Gasteiger partial charge in [0.2, 0.25) is 5.91 Å². The van der Waals surface area contributed by atoms with Gasteiger partial charge in [0.15, 0.2) is 0 Å². The van der Waals surface area contributed by atoms with Crippen LogP contribution in [0.5, 0.6) is 0 Å². The van der Waals surface area contributed by atoms with E-state index in [4.69, 9.17) is 0 Å². The molecule has 1 heterocycles. The minimum Gasteiger partial charge on any atom is -0.335 e. The highest BCUT2D eigenvalue weighted by molar-refractivity contribution is 5.79. The van der Waals surface area contributed by atoms with E-state index >= 15 is 0 Å². The number of nitrogens with zero attached hydrogens (tertiary/aromatic N) is 2. The van der Waals surface area contributed by atoms with Gasteiger partial charge in [-0.3, -0.25) is 4.79 Å². The van der Waals surface area contributed by atoms with Crippen LogP contribution >= 0.6 is 0 Å². The highest BCUT2D eigenvalue weighted by Crippen LogP contribution is 2.34. The highest BCUT2D eigenvalue weighted by atomic mass is 16.2. The maximum atomic E-state index is 14.0. The molecule has 0 radical (unpaired) electrons. The van der Waals surface area contributed by atoms with Crippen LogP contribution in [0.4, 0.5) is 0 Å². The zero-order chi connectivity index (χ0) is 26.5. The molecule has 37 heavy (non-hydrogen) atoms. The van der Waals surface area contributed by atoms with Gasteiger partial charge in [0, 0.05) is 43.6 Å². The van der Waals surface area contributed by atoms with Gasteiger partial charge in [-0.15, -0.1) is 0 Å². The first-order valence-corrected chi connectivity index (χ1v) is 15.6. The molecule has 1 aliphatic heterocycles. The number of likely N-dealkylation sites (tertiary alicyclic amines) is 1. The van der Waals surface area contributed by atoms with Gasteiger partial charge in [0.1, 0.15) is 0 Å². The first-order valence-electron chi connectivity index (χ1n) is 15.6. The van der Waals surface area contributed by atoms with E-state index in [2.05, 4.69) is 73.6 Å². The Balaban J connectivity index is 1.64. The van der Waals surface area contributed by atoms with E-state index in [-0.39, 0.29) is 5.92 Å². The van der Waals surface area contributed by atoms with Crippen molar-refractivity contribution in [2.45, 2.75) is 124 Å². The van der Waals surface area contributed by atoms with Gasteiger partial charge in [0.25, 0.3) is 0 Å². The highest BCUT2D eigenvalue weighted by Gasteiger charge is 2.34. The Kier molecular flexibility index (Phi) is 13.1. The van der Waals surface area contributed by atoms with Crippen LogP contribution in [0.2, 0.25) is 0 Å². The fourth-order valence-corrected chi connectivity index (χ4v) is 6.08. The number of hydrogen-bond acceptors (Lipinski definition) is 2. The quantitative estimate of drug-likeness (QED) is 0.211. The first kappa shape index (κ1) is 29.8. The van der Waals surface area contributed by atoms with E-state index in [0.29, 0.717) is 11.9 Å². The normalized spacial score (nSPS) is 21.0. The van der Waals surface area contributed by atoms with Crippen molar-refractivity contribution >= 4 is 5.91 Å². The predicted octanol–water partition coefficient (Wildman–Crippen LogP) is 8.06. The van der Waals surface area contributed by atoms with Crippen molar-refractivity contribution < 1.29 is 4.79 Å².